The van der Waals surface area contributed by atoms with Gasteiger partial charge in [-0.15, -0.1) is 0 Å². The minimum absolute atomic E-state index is 0.532. The number of nitrogens with one attached hydrogen (secondary N) is 1. The molecule has 4 rings (SSSR count). The Balaban J connectivity index is 1.58. The number of piperazine rings is 1. The monoisotopic (exact) mass is 424 g/mol. The van der Waals surface area contributed by atoms with Crippen LogP contribution < -0.4 is 16.0 Å². The van der Waals surface area contributed by atoms with Gasteiger partial charge in [0.15, 0.2) is 5.16 Å². The Hall–Kier alpha value is -2.65. The van der Waals surface area contributed by atoms with Crippen molar-refractivity contribution in [3.05, 3.63) is 35.9 Å². The zero-order valence-electron chi connectivity index (χ0n) is 17.5. The van der Waals surface area contributed by atoms with Crippen LogP contribution in [0.2, 0.25) is 0 Å². The molecule has 0 aliphatic carbocycles. The summed E-state index contributed by atoms with van der Waals surface area (Å²) in [5.74, 6) is 2.05. The van der Waals surface area contributed by atoms with Crippen LogP contribution in [0.5, 0.6) is 0 Å². The highest BCUT2D eigenvalue weighted by atomic mass is 32.2. The van der Waals surface area contributed by atoms with Crippen LogP contribution in [0.3, 0.4) is 0 Å². The maximum absolute atomic E-state index is 5.81. The van der Waals surface area contributed by atoms with Gasteiger partial charge in [0, 0.05) is 36.8 Å². The molecule has 2 aliphatic rings. The molecule has 1 fully saturated rings. The Morgan fingerprint density at radius 2 is 1.83 bits per heavy atom. The molecule has 0 bridgehead atoms. The molecule has 3 N–H and O–H groups in total. The lowest BCUT2D eigenvalue weighted by molar-refractivity contribution is 0.311. The number of hydrogen-bond donors (Lipinski definition) is 2. The van der Waals surface area contributed by atoms with E-state index in [1.54, 1.807) is 0 Å². The molecule has 0 unspecified atom stereocenters. The molecule has 1 aromatic heterocycles. The lowest BCUT2D eigenvalue weighted by Crippen LogP contribution is -2.45. The first-order valence-electron chi connectivity index (χ1n) is 10.3. The molecule has 2 aromatic rings. The van der Waals surface area contributed by atoms with Crippen LogP contribution >= 0.6 is 11.8 Å². The predicted octanol–water partition coefficient (Wildman–Crippen LogP) is 2.91. The SMILES string of the molecule is CCCC1=CC(Nc2nc(Sc3ccc(N)cc3)nc(N3CCN(C)CC3)n2)=NC1. The maximum atomic E-state index is 5.81. The highest BCUT2D eigenvalue weighted by molar-refractivity contribution is 7.99. The van der Waals surface area contributed by atoms with E-state index in [1.165, 1.54) is 17.3 Å². The van der Waals surface area contributed by atoms with Gasteiger partial charge in [-0.25, -0.2) is 0 Å². The normalized spacial score (nSPS) is 17.1. The van der Waals surface area contributed by atoms with Crippen LogP contribution in [0.4, 0.5) is 17.6 Å². The van der Waals surface area contributed by atoms with Crippen molar-refractivity contribution in [1.82, 2.24) is 19.9 Å². The van der Waals surface area contributed by atoms with E-state index in [1.807, 2.05) is 24.3 Å². The molecule has 0 amide bonds. The number of nitrogen functional groups attached to an aromatic ring is 1. The van der Waals surface area contributed by atoms with Gasteiger partial charge in [0.25, 0.3) is 0 Å². The molecule has 158 valence electrons. The first-order valence-corrected chi connectivity index (χ1v) is 11.1. The van der Waals surface area contributed by atoms with Gasteiger partial charge in [-0.1, -0.05) is 13.3 Å². The quantitative estimate of drug-likeness (QED) is 0.684. The Bertz CT molecular complexity index is 933. The van der Waals surface area contributed by atoms with E-state index in [-0.39, 0.29) is 0 Å². The number of likely N-dealkylation sites (N-methyl/N-ethyl adjacent to an activating group) is 1. The summed E-state index contributed by atoms with van der Waals surface area (Å²) in [7, 11) is 2.14. The fourth-order valence-corrected chi connectivity index (χ4v) is 4.11. The molecule has 30 heavy (non-hydrogen) atoms. The number of nitrogens with zero attached hydrogens (tertiary/aromatic N) is 6. The third-order valence-corrected chi connectivity index (χ3v) is 5.96. The van der Waals surface area contributed by atoms with Gasteiger partial charge in [-0.3, -0.25) is 4.99 Å². The summed E-state index contributed by atoms with van der Waals surface area (Å²) in [6.45, 7) is 6.71. The molecule has 1 aromatic carbocycles. The Morgan fingerprint density at radius 1 is 1.07 bits per heavy atom. The van der Waals surface area contributed by atoms with E-state index in [0.29, 0.717) is 17.1 Å². The third-order valence-electron chi connectivity index (χ3n) is 5.08. The van der Waals surface area contributed by atoms with E-state index >= 15 is 0 Å². The highest BCUT2D eigenvalue weighted by Crippen LogP contribution is 2.28. The van der Waals surface area contributed by atoms with Gasteiger partial charge in [0.05, 0.1) is 6.54 Å². The molecule has 3 heterocycles. The third kappa shape index (κ3) is 5.28. The molecule has 0 radical (unpaired) electrons. The minimum Gasteiger partial charge on any atom is -0.399 e. The summed E-state index contributed by atoms with van der Waals surface area (Å²) in [4.78, 5) is 24.2. The average Bonchev–Trinajstić information content (AvgIpc) is 3.17. The van der Waals surface area contributed by atoms with Gasteiger partial charge in [0.1, 0.15) is 5.84 Å². The maximum Gasteiger partial charge on any atom is 0.234 e. The van der Waals surface area contributed by atoms with Gasteiger partial charge >= 0.3 is 0 Å². The van der Waals surface area contributed by atoms with Crippen molar-refractivity contribution in [2.75, 3.05) is 55.7 Å². The topological polar surface area (TPSA) is 95.6 Å². The number of aromatic nitrogens is 3. The van der Waals surface area contributed by atoms with Gasteiger partial charge in [-0.2, -0.15) is 15.0 Å². The van der Waals surface area contributed by atoms with E-state index in [9.17, 15) is 0 Å². The van der Waals surface area contributed by atoms with Gasteiger partial charge in [-0.05, 0) is 61.1 Å². The van der Waals surface area contributed by atoms with E-state index in [0.717, 1.165) is 62.0 Å². The zero-order chi connectivity index (χ0) is 20.9. The minimum atomic E-state index is 0.532. The van der Waals surface area contributed by atoms with Crippen molar-refractivity contribution in [1.29, 1.82) is 0 Å². The smallest absolute Gasteiger partial charge is 0.234 e. The summed E-state index contributed by atoms with van der Waals surface area (Å²) in [5.41, 5.74) is 7.89. The van der Waals surface area contributed by atoms with Crippen LogP contribution in [0.1, 0.15) is 19.8 Å². The fraction of sp³-hybridized carbons (Fsp3) is 0.429. The number of rotatable bonds is 6. The molecule has 0 atom stereocenters. The number of amidine groups is 1. The van der Waals surface area contributed by atoms with E-state index in [4.69, 9.17) is 15.7 Å². The van der Waals surface area contributed by atoms with Gasteiger partial charge < -0.3 is 20.9 Å². The second-order valence-electron chi connectivity index (χ2n) is 7.58. The van der Waals surface area contributed by atoms with Crippen molar-refractivity contribution in [2.24, 2.45) is 4.99 Å². The number of benzene rings is 1. The zero-order valence-corrected chi connectivity index (χ0v) is 18.3. The summed E-state index contributed by atoms with van der Waals surface area (Å²) in [6.07, 6.45) is 4.29. The van der Waals surface area contributed by atoms with Crippen LogP contribution in [0.25, 0.3) is 0 Å². The summed E-state index contributed by atoms with van der Waals surface area (Å²) in [6, 6.07) is 7.73. The van der Waals surface area contributed by atoms with Crippen LogP contribution in [0.15, 0.2) is 51.0 Å². The van der Waals surface area contributed by atoms with Crippen LogP contribution in [-0.4, -0.2) is 65.5 Å². The highest BCUT2D eigenvalue weighted by Gasteiger charge is 2.19. The van der Waals surface area contributed by atoms with Crippen LogP contribution in [-0.2, 0) is 0 Å². The average molecular weight is 425 g/mol. The van der Waals surface area contributed by atoms with E-state index < -0.39 is 0 Å². The molecular weight excluding hydrogens is 396 g/mol. The molecule has 0 saturated carbocycles. The Labute approximate surface area is 181 Å². The Kier molecular flexibility index (Phi) is 6.49. The van der Waals surface area contributed by atoms with Crippen molar-refractivity contribution in [3.63, 3.8) is 0 Å². The molecule has 1 saturated heterocycles. The standard InChI is InChI=1S/C21H28N8S/c1-3-4-15-13-18(23-14-15)24-19-25-20(29-11-9-28(2)10-12-29)27-21(26-19)30-17-7-5-16(22)6-8-17/h5-8,13H,3-4,9-12,14,22H2,1-2H3,(H,23,24,25,26,27). The second kappa shape index (κ2) is 9.44. The first kappa shape index (κ1) is 20.6. The van der Waals surface area contributed by atoms with E-state index in [2.05, 4.69) is 45.1 Å². The Morgan fingerprint density at radius 3 is 2.57 bits per heavy atom. The second-order valence-corrected chi connectivity index (χ2v) is 8.62. The fourth-order valence-electron chi connectivity index (χ4n) is 3.37. The van der Waals surface area contributed by atoms with Crippen LogP contribution in [0, 0.1) is 0 Å². The number of hydrogen-bond acceptors (Lipinski definition) is 9. The van der Waals surface area contributed by atoms with Crippen molar-refractivity contribution in [3.8, 4) is 0 Å². The van der Waals surface area contributed by atoms with Crippen molar-refractivity contribution < 1.29 is 0 Å². The van der Waals surface area contributed by atoms with Crippen molar-refractivity contribution >= 4 is 35.2 Å². The molecular formula is C21H28N8S. The molecule has 0 spiro atoms. The molecule has 9 heteroatoms. The number of aliphatic imine (C=N–C) groups is 1. The summed E-state index contributed by atoms with van der Waals surface area (Å²) < 4.78 is 0. The molecule has 8 nitrogen and oxygen atoms in total. The molecule has 2 aliphatic heterocycles. The lowest BCUT2D eigenvalue weighted by atomic mass is 10.1. The first-order chi connectivity index (χ1) is 14.6. The lowest BCUT2D eigenvalue weighted by Gasteiger charge is -2.32. The van der Waals surface area contributed by atoms with Gasteiger partial charge in [0.2, 0.25) is 11.9 Å². The number of anilines is 3. The summed E-state index contributed by atoms with van der Waals surface area (Å²) >= 11 is 1.51. The largest absolute Gasteiger partial charge is 0.399 e. The van der Waals surface area contributed by atoms with Crippen molar-refractivity contribution in [2.45, 2.75) is 29.8 Å². The predicted molar refractivity (Wildman–Crippen MR) is 123 cm³/mol. The number of nitrogens with two attached hydrogens (primary N) is 1. The summed E-state index contributed by atoms with van der Waals surface area (Å²) in [5, 5.41) is 3.95.